The fourth-order valence-corrected chi connectivity index (χ4v) is 2.26. The van der Waals surface area contributed by atoms with Crippen LogP contribution in [0.3, 0.4) is 0 Å². The summed E-state index contributed by atoms with van der Waals surface area (Å²) in [5.74, 6) is 1.60. The lowest BCUT2D eigenvalue weighted by Crippen LogP contribution is -2.11. The van der Waals surface area contributed by atoms with E-state index in [1.54, 1.807) is 24.3 Å². The largest absolute Gasteiger partial charge is 0.489 e. The second-order valence-corrected chi connectivity index (χ2v) is 5.48. The summed E-state index contributed by atoms with van der Waals surface area (Å²) in [7, 11) is 0. The van der Waals surface area contributed by atoms with Crippen LogP contribution in [0.4, 0.5) is 0 Å². The number of amidine groups is 1. The van der Waals surface area contributed by atoms with Crippen LogP contribution in [0, 0.1) is 5.41 Å². The maximum absolute atomic E-state index is 7.48. The Balaban J connectivity index is 1.67. The Bertz CT molecular complexity index is 902. The summed E-state index contributed by atoms with van der Waals surface area (Å²) in [5, 5.41) is 7.60. The molecule has 0 bridgehead atoms. The Morgan fingerprint density at radius 1 is 1.08 bits per heavy atom. The highest BCUT2D eigenvalue weighted by atomic mass is 35.5. The number of halogens is 1. The third kappa shape index (κ3) is 4.68. The van der Waals surface area contributed by atoms with Crippen LogP contribution in [0.1, 0.15) is 11.1 Å². The molecule has 0 saturated carbocycles. The molecule has 126 valence electrons. The van der Waals surface area contributed by atoms with Crippen molar-refractivity contribution >= 4 is 17.4 Å². The van der Waals surface area contributed by atoms with E-state index in [0.29, 0.717) is 29.5 Å². The predicted octanol–water partition coefficient (Wildman–Crippen LogP) is 3.79. The number of nitrogens with zero attached hydrogens (tertiary/aromatic N) is 2. The van der Waals surface area contributed by atoms with E-state index in [0.717, 1.165) is 5.56 Å². The van der Waals surface area contributed by atoms with Crippen molar-refractivity contribution in [3.63, 3.8) is 0 Å². The van der Waals surface area contributed by atoms with Crippen molar-refractivity contribution in [2.75, 3.05) is 0 Å². The molecule has 0 amide bonds. The molecule has 0 saturated heterocycles. The lowest BCUT2D eigenvalue weighted by molar-refractivity contribution is 0.304. The highest BCUT2D eigenvalue weighted by molar-refractivity contribution is 6.28. The minimum absolute atomic E-state index is 0.0285. The van der Waals surface area contributed by atoms with Gasteiger partial charge in [0.15, 0.2) is 0 Å². The van der Waals surface area contributed by atoms with E-state index in [9.17, 15) is 0 Å². The van der Waals surface area contributed by atoms with Gasteiger partial charge in [0.25, 0.3) is 0 Å². The van der Waals surface area contributed by atoms with Gasteiger partial charge in [0.1, 0.15) is 23.9 Å². The fourth-order valence-electron chi connectivity index (χ4n) is 2.12. The molecule has 0 atom stereocenters. The van der Waals surface area contributed by atoms with Gasteiger partial charge >= 0.3 is 0 Å². The lowest BCUT2D eigenvalue weighted by atomic mass is 10.1. The third-order valence-electron chi connectivity index (χ3n) is 3.27. The van der Waals surface area contributed by atoms with Crippen molar-refractivity contribution in [1.29, 1.82) is 5.41 Å². The molecule has 0 radical (unpaired) electrons. The van der Waals surface area contributed by atoms with Crippen LogP contribution in [-0.2, 0) is 6.61 Å². The van der Waals surface area contributed by atoms with Crippen molar-refractivity contribution in [1.82, 2.24) is 9.97 Å². The number of aromatic nitrogens is 2. The van der Waals surface area contributed by atoms with E-state index in [1.165, 1.54) is 6.20 Å². The van der Waals surface area contributed by atoms with Crippen LogP contribution in [0.15, 0.2) is 60.8 Å². The molecule has 0 aliphatic heterocycles. The number of nitrogens with one attached hydrogen (secondary N) is 1. The van der Waals surface area contributed by atoms with Crippen LogP contribution in [0.25, 0.3) is 0 Å². The number of benzene rings is 2. The van der Waals surface area contributed by atoms with E-state index in [4.69, 9.17) is 32.2 Å². The number of hydrogen-bond acceptors (Lipinski definition) is 5. The van der Waals surface area contributed by atoms with Gasteiger partial charge in [0.05, 0.1) is 0 Å². The molecule has 25 heavy (non-hydrogen) atoms. The topological polar surface area (TPSA) is 94.1 Å². The van der Waals surface area contributed by atoms with Gasteiger partial charge in [-0.25, -0.2) is 4.98 Å². The zero-order chi connectivity index (χ0) is 17.6. The molecule has 0 aliphatic carbocycles. The second kappa shape index (κ2) is 7.63. The van der Waals surface area contributed by atoms with Crippen LogP contribution in [0.2, 0.25) is 5.28 Å². The lowest BCUT2D eigenvalue weighted by Gasteiger charge is -2.09. The number of rotatable bonds is 6. The Labute approximate surface area is 149 Å². The molecule has 6 nitrogen and oxygen atoms in total. The molecule has 0 aliphatic rings. The Morgan fingerprint density at radius 2 is 1.88 bits per heavy atom. The summed E-state index contributed by atoms with van der Waals surface area (Å²) in [4.78, 5) is 7.78. The van der Waals surface area contributed by atoms with Crippen molar-refractivity contribution in [2.45, 2.75) is 6.61 Å². The summed E-state index contributed by atoms with van der Waals surface area (Å²) in [6, 6.07) is 16.2. The van der Waals surface area contributed by atoms with Crippen molar-refractivity contribution in [2.24, 2.45) is 5.73 Å². The molecule has 3 rings (SSSR count). The van der Waals surface area contributed by atoms with Crippen LogP contribution < -0.4 is 15.2 Å². The molecule has 1 aromatic heterocycles. The Hall–Kier alpha value is -3.12. The summed E-state index contributed by atoms with van der Waals surface area (Å²) >= 11 is 5.74. The monoisotopic (exact) mass is 354 g/mol. The van der Waals surface area contributed by atoms with Gasteiger partial charge in [-0.05, 0) is 35.4 Å². The molecule has 0 unspecified atom stereocenters. The maximum atomic E-state index is 7.48. The average molecular weight is 355 g/mol. The number of hydrogen-bond donors (Lipinski definition) is 2. The first-order valence-corrected chi connectivity index (χ1v) is 7.80. The summed E-state index contributed by atoms with van der Waals surface area (Å²) in [5.41, 5.74) is 7.08. The van der Waals surface area contributed by atoms with E-state index >= 15 is 0 Å². The standard InChI is InChI=1S/C18H15ClN4O2/c19-18-22-8-7-16(23-18)25-15-6-2-5-14(10-15)24-11-12-3-1-4-13(9-12)17(20)21/h1-10H,11H2,(H3,20,21). The van der Waals surface area contributed by atoms with Crippen LogP contribution in [0.5, 0.6) is 17.4 Å². The van der Waals surface area contributed by atoms with Gasteiger partial charge in [-0.1, -0.05) is 24.3 Å². The van der Waals surface area contributed by atoms with Gasteiger partial charge in [-0.3, -0.25) is 5.41 Å². The highest BCUT2D eigenvalue weighted by Crippen LogP contribution is 2.25. The quantitative estimate of drug-likeness (QED) is 0.399. The number of ether oxygens (including phenoxy) is 2. The predicted molar refractivity (Wildman–Crippen MR) is 95.3 cm³/mol. The Morgan fingerprint density at radius 3 is 2.68 bits per heavy atom. The van der Waals surface area contributed by atoms with Gasteiger partial charge in [0, 0.05) is 23.9 Å². The molecule has 2 aromatic carbocycles. The van der Waals surface area contributed by atoms with E-state index < -0.39 is 0 Å². The zero-order valence-corrected chi connectivity index (χ0v) is 13.9. The molecular weight excluding hydrogens is 340 g/mol. The van der Waals surface area contributed by atoms with Crippen LogP contribution >= 0.6 is 11.6 Å². The van der Waals surface area contributed by atoms with Gasteiger partial charge in [-0.2, -0.15) is 4.98 Å². The molecular formula is C18H15ClN4O2. The zero-order valence-electron chi connectivity index (χ0n) is 13.1. The molecule has 7 heteroatoms. The summed E-state index contributed by atoms with van der Waals surface area (Å²) in [6.07, 6.45) is 1.52. The van der Waals surface area contributed by atoms with Gasteiger partial charge in [-0.15, -0.1) is 0 Å². The highest BCUT2D eigenvalue weighted by Gasteiger charge is 2.04. The van der Waals surface area contributed by atoms with Gasteiger partial charge in [0.2, 0.25) is 11.2 Å². The number of nitrogen functional groups attached to an aromatic ring is 1. The van der Waals surface area contributed by atoms with Crippen molar-refractivity contribution in [3.8, 4) is 17.4 Å². The molecule has 1 heterocycles. The minimum Gasteiger partial charge on any atom is -0.489 e. The SMILES string of the molecule is N=C(N)c1cccc(COc2cccc(Oc3ccnc(Cl)n3)c2)c1. The summed E-state index contributed by atoms with van der Waals surface area (Å²) in [6.45, 7) is 0.351. The van der Waals surface area contributed by atoms with E-state index in [1.807, 2.05) is 30.3 Å². The third-order valence-corrected chi connectivity index (χ3v) is 3.45. The first-order valence-electron chi connectivity index (χ1n) is 7.43. The molecule has 3 aromatic rings. The number of nitrogens with two attached hydrogens (primary N) is 1. The Kier molecular flexibility index (Phi) is 5.11. The molecule has 0 spiro atoms. The fraction of sp³-hybridized carbons (Fsp3) is 0.0556. The van der Waals surface area contributed by atoms with Crippen molar-refractivity contribution in [3.05, 3.63) is 77.2 Å². The first kappa shape index (κ1) is 16.7. The van der Waals surface area contributed by atoms with E-state index in [-0.39, 0.29) is 11.1 Å². The molecule has 0 fully saturated rings. The van der Waals surface area contributed by atoms with Gasteiger partial charge < -0.3 is 15.2 Å². The normalized spacial score (nSPS) is 10.3. The average Bonchev–Trinajstić information content (AvgIpc) is 2.60. The van der Waals surface area contributed by atoms with Crippen molar-refractivity contribution < 1.29 is 9.47 Å². The van der Waals surface area contributed by atoms with E-state index in [2.05, 4.69) is 9.97 Å². The maximum Gasteiger partial charge on any atom is 0.225 e. The molecule has 3 N–H and O–H groups in total. The minimum atomic E-state index is 0.0285. The first-order chi connectivity index (χ1) is 12.1. The smallest absolute Gasteiger partial charge is 0.225 e. The summed E-state index contributed by atoms with van der Waals surface area (Å²) < 4.78 is 11.4. The van der Waals surface area contributed by atoms with Crippen LogP contribution in [-0.4, -0.2) is 15.8 Å². The second-order valence-electron chi connectivity index (χ2n) is 5.14.